The van der Waals surface area contributed by atoms with Crippen LogP contribution in [0.15, 0.2) is 40.8 Å². The predicted molar refractivity (Wildman–Crippen MR) is 96.1 cm³/mol. The van der Waals surface area contributed by atoms with Crippen molar-refractivity contribution in [3.05, 3.63) is 47.7 Å². The Labute approximate surface area is 143 Å². The van der Waals surface area contributed by atoms with Gasteiger partial charge in [0.2, 0.25) is 0 Å². The molecule has 0 fully saturated rings. The smallest absolute Gasteiger partial charge is 0.335 e. The topological polar surface area (TPSA) is 62.5 Å². The summed E-state index contributed by atoms with van der Waals surface area (Å²) in [5, 5.41) is 12.5. The second kappa shape index (κ2) is 6.81. The fourth-order valence-corrected chi connectivity index (χ4v) is 3.12. The van der Waals surface area contributed by atoms with Gasteiger partial charge in [-0.15, -0.1) is 0 Å². The third-order valence-electron chi connectivity index (χ3n) is 3.79. The Morgan fingerprint density at radius 3 is 2.21 bits per heavy atom. The molecular weight excluding hydrogens is 302 g/mol. The molecule has 0 bridgehead atoms. The number of furan rings is 1. The van der Waals surface area contributed by atoms with Crippen LogP contribution in [-0.4, -0.2) is 16.6 Å². The van der Waals surface area contributed by atoms with Crippen molar-refractivity contribution in [2.24, 2.45) is 5.41 Å². The predicted octanol–water partition coefficient (Wildman–Crippen LogP) is 4.95. The van der Waals surface area contributed by atoms with Gasteiger partial charge in [0, 0.05) is 11.1 Å². The van der Waals surface area contributed by atoms with Crippen LogP contribution >= 0.6 is 0 Å². The highest BCUT2D eigenvalue weighted by Crippen LogP contribution is 2.28. The SMILES string of the molecule is CC(C)(C)CC(C)(C)NCc1ccc(-c2ccc(C(=O)O)cc2)o1. The lowest BCUT2D eigenvalue weighted by Crippen LogP contribution is -2.41. The van der Waals surface area contributed by atoms with E-state index in [0.717, 1.165) is 23.5 Å². The van der Waals surface area contributed by atoms with Crippen LogP contribution in [-0.2, 0) is 6.54 Å². The van der Waals surface area contributed by atoms with Crippen molar-refractivity contribution in [2.45, 2.75) is 53.1 Å². The Hall–Kier alpha value is -2.07. The van der Waals surface area contributed by atoms with Gasteiger partial charge < -0.3 is 14.8 Å². The van der Waals surface area contributed by atoms with Gasteiger partial charge in [0.1, 0.15) is 11.5 Å². The molecule has 2 N–H and O–H groups in total. The van der Waals surface area contributed by atoms with Crippen LogP contribution in [0.1, 0.15) is 57.2 Å². The minimum absolute atomic E-state index is 0.0222. The lowest BCUT2D eigenvalue weighted by molar-refractivity contribution is 0.0697. The van der Waals surface area contributed by atoms with Gasteiger partial charge in [0.05, 0.1) is 12.1 Å². The number of aromatic carboxylic acids is 1. The van der Waals surface area contributed by atoms with E-state index in [1.54, 1.807) is 24.3 Å². The first-order chi connectivity index (χ1) is 11.1. The van der Waals surface area contributed by atoms with Gasteiger partial charge in [-0.1, -0.05) is 32.9 Å². The third kappa shape index (κ3) is 5.24. The lowest BCUT2D eigenvalue weighted by Gasteiger charge is -2.33. The van der Waals surface area contributed by atoms with Crippen molar-refractivity contribution in [2.75, 3.05) is 0 Å². The van der Waals surface area contributed by atoms with Gasteiger partial charge in [-0.2, -0.15) is 0 Å². The second-order valence-corrected chi connectivity index (χ2v) is 8.12. The van der Waals surface area contributed by atoms with Crippen molar-refractivity contribution >= 4 is 5.97 Å². The molecule has 2 rings (SSSR count). The quantitative estimate of drug-likeness (QED) is 0.787. The van der Waals surface area contributed by atoms with Crippen LogP contribution in [0.4, 0.5) is 0 Å². The normalized spacial score (nSPS) is 12.4. The lowest BCUT2D eigenvalue weighted by atomic mass is 9.82. The Kier molecular flexibility index (Phi) is 5.19. The minimum atomic E-state index is -0.924. The molecule has 0 saturated carbocycles. The summed E-state index contributed by atoms with van der Waals surface area (Å²) in [5.41, 5.74) is 1.43. The zero-order chi connectivity index (χ0) is 18.0. The zero-order valence-corrected chi connectivity index (χ0v) is 15.1. The largest absolute Gasteiger partial charge is 0.478 e. The van der Waals surface area contributed by atoms with Crippen LogP contribution in [0.3, 0.4) is 0 Å². The van der Waals surface area contributed by atoms with Crippen molar-refractivity contribution in [1.29, 1.82) is 0 Å². The number of carbonyl (C=O) groups is 1. The fourth-order valence-electron chi connectivity index (χ4n) is 3.12. The molecule has 0 amide bonds. The molecule has 1 aromatic carbocycles. The van der Waals surface area contributed by atoms with Gasteiger partial charge >= 0.3 is 5.97 Å². The molecule has 0 atom stereocenters. The van der Waals surface area contributed by atoms with Crippen molar-refractivity contribution in [3.8, 4) is 11.3 Å². The summed E-state index contributed by atoms with van der Waals surface area (Å²) in [7, 11) is 0. The van der Waals surface area contributed by atoms with Gasteiger partial charge in [-0.05, 0) is 49.9 Å². The zero-order valence-electron chi connectivity index (χ0n) is 15.1. The first-order valence-electron chi connectivity index (χ1n) is 8.23. The summed E-state index contributed by atoms with van der Waals surface area (Å²) < 4.78 is 5.89. The molecule has 130 valence electrons. The average Bonchev–Trinajstić information content (AvgIpc) is 2.92. The van der Waals surface area contributed by atoms with E-state index in [1.807, 2.05) is 12.1 Å². The van der Waals surface area contributed by atoms with E-state index in [0.29, 0.717) is 6.54 Å². The van der Waals surface area contributed by atoms with Gasteiger partial charge in [-0.25, -0.2) is 4.79 Å². The Bertz CT molecular complexity index is 690. The van der Waals surface area contributed by atoms with Gasteiger partial charge in [0.15, 0.2) is 0 Å². The van der Waals surface area contributed by atoms with E-state index in [9.17, 15) is 4.79 Å². The van der Waals surface area contributed by atoms with E-state index in [2.05, 4.69) is 39.9 Å². The molecule has 0 aliphatic rings. The van der Waals surface area contributed by atoms with Crippen molar-refractivity contribution in [3.63, 3.8) is 0 Å². The molecule has 1 heterocycles. The maximum atomic E-state index is 10.9. The highest BCUT2D eigenvalue weighted by molar-refractivity contribution is 5.88. The van der Waals surface area contributed by atoms with Crippen LogP contribution in [0.2, 0.25) is 0 Å². The molecule has 24 heavy (non-hydrogen) atoms. The van der Waals surface area contributed by atoms with E-state index in [-0.39, 0.29) is 16.5 Å². The summed E-state index contributed by atoms with van der Waals surface area (Å²) >= 11 is 0. The van der Waals surface area contributed by atoms with Crippen molar-refractivity contribution in [1.82, 2.24) is 5.32 Å². The van der Waals surface area contributed by atoms with Gasteiger partial charge in [-0.3, -0.25) is 0 Å². The summed E-state index contributed by atoms with van der Waals surface area (Å²) in [5.74, 6) is 0.693. The maximum absolute atomic E-state index is 10.9. The van der Waals surface area contributed by atoms with Gasteiger partial charge in [0.25, 0.3) is 0 Å². The number of nitrogens with one attached hydrogen (secondary N) is 1. The summed E-state index contributed by atoms with van der Waals surface area (Å²) in [6.07, 6.45) is 1.06. The van der Waals surface area contributed by atoms with Crippen LogP contribution in [0, 0.1) is 5.41 Å². The molecule has 0 spiro atoms. The fraction of sp³-hybridized carbons (Fsp3) is 0.450. The molecule has 1 aromatic heterocycles. The van der Waals surface area contributed by atoms with Crippen LogP contribution in [0.25, 0.3) is 11.3 Å². The second-order valence-electron chi connectivity index (χ2n) is 8.12. The van der Waals surface area contributed by atoms with Crippen molar-refractivity contribution < 1.29 is 14.3 Å². The number of benzene rings is 1. The Balaban J connectivity index is 2.01. The Morgan fingerprint density at radius 2 is 1.67 bits per heavy atom. The average molecular weight is 329 g/mol. The molecular formula is C20H27NO3. The highest BCUT2D eigenvalue weighted by Gasteiger charge is 2.25. The van der Waals surface area contributed by atoms with E-state index in [4.69, 9.17) is 9.52 Å². The number of hydrogen-bond acceptors (Lipinski definition) is 3. The standard InChI is InChI=1S/C20H27NO3/c1-19(2,3)13-20(4,5)21-12-16-10-11-17(24-16)14-6-8-15(9-7-14)18(22)23/h6-11,21H,12-13H2,1-5H3,(H,22,23). The molecule has 4 heteroatoms. The monoisotopic (exact) mass is 329 g/mol. The first-order valence-corrected chi connectivity index (χ1v) is 8.23. The number of carboxylic acids is 1. The molecule has 4 nitrogen and oxygen atoms in total. The summed E-state index contributed by atoms with van der Waals surface area (Å²) in [4.78, 5) is 10.9. The van der Waals surface area contributed by atoms with E-state index < -0.39 is 5.97 Å². The number of rotatable bonds is 6. The summed E-state index contributed by atoms with van der Waals surface area (Å²) in [6, 6.07) is 10.6. The minimum Gasteiger partial charge on any atom is -0.478 e. The maximum Gasteiger partial charge on any atom is 0.335 e. The Morgan fingerprint density at radius 1 is 1.04 bits per heavy atom. The molecule has 0 radical (unpaired) electrons. The van der Waals surface area contributed by atoms with Crippen LogP contribution in [0.5, 0.6) is 0 Å². The molecule has 0 aliphatic carbocycles. The molecule has 0 saturated heterocycles. The van der Waals surface area contributed by atoms with Crippen LogP contribution < -0.4 is 5.32 Å². The first kappa shape index (κ1) is 18.3. The highest BCUT2D eigenvalue weighted by atomic mass is 16.4. The molecule has 0 aliphatic heterocycles. The van der Waals surface area contributed by atoms with E-state index in [1.165, 1.54) is 0 Å². The number of hydrogen-bond donors (Lipinski definition) is 2. The number of carboxylic acid groups (broad SMARTS) is 1. The molecule has 0 unspecified atom stereocenters. The third-order valence-corrected chi connectivity index (χ3v) is 3.79. The van der Waals surface area contributed by atoms with E-state index >= 15 is 0 Å². The molecule has 2 aromatic rings. The summed E-state index contributed by atoms with van der Waals surface area (Å²) in [6.45, 7) is 11.8.